The third-order valence-corrected chi connectivity index (χ3v) is 3.79. The van der Waals surface area contributed by atoms with Gasteiger partial charge in [-0.2, -0.15) is 18.3 Å². The van der Waals surface area contributed by atoms with Crippen LogP contribution < -0.4 is 5.43 Å². The summed E-state index contributed by atoms with van der Waals surface area (Å²) < 4.78 is 38.0. The van der Waals surface area contributed by atoms with Crippen LogP contribution in [-0.4, -0.2) is 10.6 Å². The molecule has 0 bridgehead atoms. The maximum Gasteiger partial charge on any atom is 0.416 e. The van der Waals surface area contributed by atoms with Gasteiger partial charge in [-0.3, -0.25) is 15.5 Å². The number of benzene rings is 1. The van der Waals surface area contributed by atoms with Gasteiger partial charge < -0.3 is 0 Å². The molecule has 0 unspecified atom stereocenters. The molecule has 1 fully saturated rings. The van der Waals surface area contributed by atoms with Gasteiger partial charge in [-0.1, -0.05) is 19.3 Å². The molecule has 1 aromatic rings. The van der Waals surface area contributed by atoms with Crippen LogP contribution in [0.1, 0.15) is 50.5 Å². The van der Waals surface area contributed by atoms with E-state index < -0.39 is 22.4 Å². The summed E-state index contributed by atoms with van der Waals surface area (Å²) in [6.07, 6.45) is 2.47. The van der Waals surface area contributed by atoms with Gasteiger partial charge in [0, 0.05) is 11.8 Å². The van der Waals surface area contributed by atoms with Gasteiger partial charge in [0.25, 0.3) is 5.69 Å². The normalized spacial score (nSPS) is 16.4. The van der Waals surface area contributed by atoms with Gasteiger partial charge in [-0.15, -0.1) is 0 Å². The molecule has 0 spiro atoms. The first-order valence-corrected chi connectivity index (χ1v) is 7.55. The highest BCUT2D eigenvalue weighted by molar-refractivity contribution is 5.85. The van der Waals surface area contributed by atoms with Crippen LogP contribution in [-0.2, 0) is 6.18 Å². The van der Waals surface area contributed by atoms with E-state index in [1.54, 1.807) is 0 Å². The molecule has 0 amide bonds. The van der Waals surface area contributed by atoms with Crippen LogP contribution in [0.2, 0.25) is 0 Å². The molecule has 0 saturated heterocycles. The lowest BCUT2D eigenvalue weighted by atomic mass is 9.99. The molecule has 23 heavy (non-hydrogen) atoms. The van der Waals surface area contributed by atoms with Crippen LogP contribution in [0.3, 0.4) is 0 Å². The first-order chi connectivity index (χ1) is 10.9. The Labute approximate surface area is 131 Å². The van der Waals surface area contributed by atoms with Crippen molar-refractivity contribution in [3.05, 3.63) is 33.9 Å². The Bertz CT molecular complexity index is 590. The predicted octanol–water partition coefficient (Wildman–Crippen LogP) is 5.13. The summed E-state index contributed by atoms with van der Waals surface area (Å²) in [6.45, 7) is 0. The van der Waals surface area contributed by atoms with Crippen molar-refractivity contribution in [1.29, 1.82) is 0 Å². The topological polar surface area (TPSA) is 67.5 Å². The Hall–Kier alpha value is -2.12. The minimum absolute atomic E-state index is 0.0300. The van der Waals surface area contributed by atoms with Crippen molar-refractivity contribution in [2.75, 3.05) is 5.43 Å². The van der Waals surface area contributed by atoms with Crippen molar-refractivity contribution in [2.24, 2.45) is 5.10 Å². The molecule has 0 heterocycles. The van der Waals surface area contributed by atoms with E-state index in [2.05, 4.69) is 10.5 Å². The Kier molecular flexibility index (Phi) is 5.57. The zero-order valence-corrected chi connectivity index (χ0v) is 12.5. The van der Waals surface area contributed by atoms with Gasteiger partial charge in [0.2, 0.25) is 0 Å². The molecule has 1 saturated carbocycles. The van der Waals surface area contributed by atoms with Crippen LogP contribution in [0, 0.1) is 10.1 Å². The number of hydrazone groups is 1. The Morgan fingerprint density at radius 3 is 2.26 bits per heavy atom. The van der Waals surface area contributed by atoms with Crippen molar-refractivity contribution in [3.8, 4) is 0 Å². The van der Waals surface area contributed by atoms with Crippen molar-refractivity contribution < 1.29 is 18.1 Å². The van der Waals surface area contributed by atoms with Gasteiger partial charge in [-0.05, 0) is 37.8 Å². The second-order valence-electron chi connectivity index (χ2n) is 5.54. The molecule has 0 aliphatic heterocycles. The second-order valence-corrected chi connectivity index (χ2v) is 5.54. The third kappa shape index (κ3) is 4.94. The summed E-state index contributed by atoms with van der Waals surface area (Å²) in [4.78, 5) is 10.2. The molecule has 2 rings (SSSR count). The highest BCUT2D eigenvalue weighted by atomic mass is 19.4. The third-order valence-electron chi connectivity index (χ3n) is 3.79. The number of nitrogens with zero attached hydrogens (tertiary/aromatic N) is 2. The van der Waals surface area contributed by atoms with Gasteiger partial charge in [-0.25, -0.2) is 0 Å². The Morgan fingerprint density at radius 1 is 1.09 bits per heavy atom. The smallest absolute Gasteiger partial charge is 0.272 e. The van der Waals surface area contributed by atoms with Crippen molar-refractivity contribution >= 4 is 17.1 Å². The fraction of sp³-hybridized carbons (Fsp3) is 0.533. The van der Waals surface area contributed by atoms with Crippen molar-refractivity contribution in [2.45, 2.75) is 51.1 Å². The Morgan fingerprint density at radius 2 is 1.70 bits per heavy atom. The summed E-state index contributed by atoms with van der Waals surface area (Å²) >= 11 is 0. The van der Waals surface area contributed by atoms with E-state index in [-0.39, 0.29) is 5.69 Å². The molecule has 5 nitrogen and oxygen atoms in total. The molecule has 1 aliphatic rings. The number of alkyl halides is 3. The predicted molar refractivity (Wildman–Crippen MR) is 81.5 cm³/mol. The molecule has 8 heteroatoms. The number of anilines is 1. The molecular weight excluding hydrogens is 311 g/mol. The largest absolute Gasteiger partial charge is 0.416 e. The van der Waals surface area contributed by atoms with Gasteiger partial charge in [0.15, 0.2) is 0 Å². The molecule has 1 N–H and O–H groups in total. The van der Waals surface area contributed by atoms with Crippen LogP contribution in [0.4, 0.5) is 24.5 Å². The number of nitro benzene ring substituents is 1. The van der Waals surface area contributed by atoms with E-state index >= 15 is 0 Å². The van der Waals surface area contributed by atoms with Crippen molar-refractivity contribution in [1.82, 2.24) is 0 Å². The minimum Gasteiger partial charge on any atom is -0.272 e. The van der Waals surface area contributed by atoms with Crippen LogP contribution in [0.15, 0.2) is 23.3 Å². The fourth-order valence-corrected chi connectivity index (χ4v) is 2.52. The van der Waals surface area contributed by atoms with E-state index in [1.165, 1.54) is 6.42 Å². The summed E-state index contributed by atoms with van der Waals surface area (Å²) in [7, 11) is 0. The average Bonchev–Trinajstić information content (AvgIpc) is 2.44. The SMILES string of the molecule is O=[N+]([O-])c1cc(C(F)(F)F)ccc1NN=C1CCCCCCC1. The van der Waals surface area contributed by atoms with E-state index in [0.717, 1.165) is 56.4 Å². The zero-order valence-electron chi connectivity index (χ0n) is 12.5. The molecule has 0 atom stereocenters. The lowest BCUT2D eigenvalue weighted by Gasteiger charge is -2.12. The van der Waals surface area contributed by atoms with Gasteiger partial charge >= 0.3 is 6.18 Å². The van der Waals surface area contributed by atoms with E-state index in [9.17, 15) is 23.3 Å². The first kappa shape index (κ1) is 17.2. The fourth-order valence-electron chi connectivity index (χ4n) is 2.52. The average molecular weight is 329 g/mol. The van der Waals surface area contributed by atoms with E-state index in [4.69, 9.17) is 0 Å². The standard InChI is InChI=1S/C15H18F3N3O2/c16-15(17,18)11-8-9-13(14(10-11)21(22)23)20-19-12-6-4-2-1-3-5-7-12/h8-10,20H,1-7H2. The summed E-state index contributed by atoms with van der Waals surface area (Å²) in [5.41, 5.74) is 1.76. The number of hydrogen-bond acceptors (Lipinski definition) is 4. The number of halogens is 3. The summed E-state index contributed by atoms with van der Waals surface area (Å²) in [5, 5.41) is 15.2. The number of hydrogen-bond donors (Lipinski definition) is 1. The lowest BCUT2D eigenvalue weighted by Crippen LogP contribution is -2.08. The number of nitrogens with one attached hydrogen (secondary N) is 1. The van der Waals surface area contributed by atoms with Gasteiger partial charge in [0.1, 0.15) is 5.69 Å². The summed E-state index contributed by atoms with van der Waals surface area (Å²) in [5.74, 6) is 0. The highest BCUT2D eigenvalue weighted by Crippen LogP contribution is 2.35. The van der Waals surface area contributed by atoms with Crippen LogP contribution >= 0.6 is 0 Å². The molecule has 1 aliphatic carbocycles. The summed E-state index contributed by atoms with van der Waals surface area (Å²) in [6, 6.07) is 2.39. The van der Waals surface area contributed by atoms with E-state index in [1.807, 2.05) is 0 Å². The molecule has 126 valence electrons. The zero-order chi connectivity index (χ0) is 16.9. The number of rotatable bonds is 3. The minimum atomic E-state index is -4.62. The molecular formula is C15H18F3N3O2. The van der Waals surface area contributed by atoms with Crippen LogP contribution in [0.25, 0.3) is 0 Å². The lowest BCUT2D eigenvalue weighted by molar-refractivity contribution is -0.384. The van der Waals surface area contributed by atoms with Crippen molar-refractivity contribution in [3.63, 3.8) is 0 Å². The molecule has 0 aromatic heterocycles. The van der Waals surface area contributed by atoms with Crippen LogP contribution in [0.5, 0.6) is 0 Å². The first-order valence-electron chi connectivity index (χ1n) is 7.55. The van der Waals surface area contributed by atoms with E-state index in [0.29, 0.717) is 6.07 Å². The maximum absolute atomic E-state index is 12.7. The second kappa shape index (κ2) is 7.43. The quantitative estimate of drug-likeness (QED) is 0.618. The Balaban J connectivity index is 2.19. The maximum atomic E-state index is 12.7. The molecule has 0 radical (unpaired) electrons. The number of nitro groups is 1. The van der Waals surface area contributed by atoms with Gasteiger partial charge in [0.05, 0.1) is 10.5 Å². The highest BCUT2D eigenvalue weighted by Gasteiger charge is 2.33. The monoisotopic (exact) mass is 329 g/mol. The molecule has 1 aromatic carbocycles.